The first kappa shape index (κ1) is 17.2. The van der Waals surface area contributed by atoms with Crippen molar-refractivity contribution in [2.24, 2.45) is 11.3 Å². The molecule has 2 rings (SSSR count). The van der Waals surface area contributed by atoms with Crippen LogP contribution in [0.2, 0.25) is 0 Å². The van der Waals surface area contributed by atoms with Crippen LogP contribution in [0.1, 0.15) is 47.5 Å². The Hall–Kier alpha value is -0.130. The minimum atomic E-state index is -2.94. The highest BCUT2D eigenvalue weighted by Gasteiger charge is 2.41. The Morgan fingerprint density at radius 2 is 1.86 bits per heavy atom. The van der Waals surface area contributed by atoms with Crippen LogP contribution in [0.4, 0.5) is 0 Å². The minimum absolute atomic E-state index is 0.212. The van der Waals surface area contributed by atoms with Gasteiger partial charge < -0.3 is 5.32 Å². The van der Waals surface area contributed by atoms with E-state index in [-0.39, 0.29) is 10.7 Å². The summed E-state index contributed by atoms with van der Waals surface area (Å²) in [6.45, 7) is 13.0. The number of nitrogens with one attached hydrogen (secondary N) is 1. The molecule has 0 spiro atoms. The lowest BCUT2D eigenvalue weighted by molar-refractivity contribution is 0.0803. The lowest BCUT2D eigenvalue weighted by Crippen LogP contribution is -2.61. The van der Waals surface area contributed by atoms with Gasteiger partial charge in [-0.3, -0.25) is 4.90 Å². The van der Waals surface area contributed by atoms with E-state index < -0.39 is 9.84 Å². The third-order valence-corrected chi connectivity index (χ3v) is 7.24. The Bertz CT molecular complexity index is 449. The largest absolute Gasteiger partial charge is 0.311 e. The zero-order valence-electron chi connectivity index (χ0n) is 14.2. The summed E-state index contributed by atoms with van der Waals surface area (Å²) in [5.41, 5.74) is 0.212. The van der Waals surface area contributed by atoms with E-state index in [0.717, 1.165) is 19.0 Å². The topological polar surface area (TPSA) is 49.4 Å². The van der Waals surface area contributed by atoms with Gasteiger partial charge in [-0.25, -0.2) is 8.42 Å². The van der Waals surface area contributed by atoms with E-state index in [4.69, 9.17) is 0 Å². The zero-order valence-corrected chi connectivity index (χ0v) is 15.0. The number of sulfone groups is 1. The van der Waals surface area contributed by atoms with Gasteiger partial charge in [-0.1, -0.05) is 20.8 Å². The Labute approximate surface area is 130 Å². The second-order valence-electron chi connectivity index (χ2n) is 8.14. The van der Waals surface area contributed by atoms with E-state index in [1.165, 1.54) is 12.8 Å². The molecule has 1 saturated carbocycles. The summed E-state index contributed by atoms with van der Waals surface area (Å²) in [5.74, 6) is 1.07. The molecule has 1 saturated heterocycles. The van der Waals surface area contributed by atoms with Gasteiger partial charge >= 0.3 is 0 Å². The second-order valence-corrected chi connectivity index (χ2v) is 10.8. The average Bonchev–Trinajstić information content (AvgIpc) is 3.19. The highest BCUT2D eigenvalue weighted by molar-refractivity contribution is 7.92. The fourth-order valence-electron chi connectivity index (χ4n) is 3.09. The van der Waals surface area contributed by atoms with Gasteiger partial charge in [-0.05, 0) is 38.0 Å². The Morgan fingerprint density at radius 1 is 1.24 bits per heavy atom. The molecule has 4 nitrogen and oxygen atoms in total. The molecule has 2 unspecified atom stereocenters. The van der Waals surface area contributed by atoms with Crippen molar-refractivity contribution in [2.75, 3.05) is 25.4 Å². The average molecular weight is 317 g/mol. The molecule has 5 heteroatoms. The molecule has 0 bridgehead atoms. The Kier molecular flexibility index (Phi) is 5.06. The van der Waals surface area contributed by atoms with Gasteiger partial charge in [0, 0.05) is 31.7 Å². The summed E-state index contributed by atoms with van der Waals surface area (Å²) in [4.78, 5) is 2.45. The van der Waals surface area contributed by atoms with Crippen molar-refractivity contribution in [3.05, 3.63) is 0 Å². The molecule has 21 heavy (non-hydrogen) atoms. The molecule has 0 aromatic carbocycles. The molecule has 2 atom stereocenters. The first-order chi connectivity index (χ1) is 9.61. The maximum atomic E-state index is 12.1. The molecule has 0 radical (unpaired) electrons. The predicted octanol–water partition coefficient (Wildman–Crippen LogP) is 1.91. The summed E-state index contributed by atoms with van der Waals surface area (Å²) in [7, 11) is -2.94. The van der Waals surface area contributed by atoms with E-state index in [2.05, 4.69) is 31.0 Å². The van der Waals surface area contributed by atoms with Crippen molar-refractivity contribution in [1.82, 2.24) is 10.2 Å². The van der Waals surface area contributed by atoms with E-state index in [1.807, 2.05) is 0 Å². The fraction of sp³-hybridized carbons (Fsp3) is 1.00. The van der Waals surface area contributed by atoms with Crippen molar-refractivity contribution >= 4 is 9.84 Å². The van der Waals surface area contributed by atoms with Crippen molar-refractivity contribution in [3.8, 4) is 0 Å². The fourth-order valence-corrected chi connectivity index (χ4v) is 4.05. The van der Waals surface area contributed by atoms with Crippen molar-refractivity contribution in [3.63, 3.8) is 0 Å². The lowest BCUT2D eigenvalue weighted by atomic mass is 9.84. The highest BCUT2D eigenvalue weighted by atomic mass is 32.2. The first-order valence-corrected chi connectivity index (χ1v) is 10.0. The molecule has 2 aliphatic rings. The Balaban J connectivity index is 2.01. The van der Waals surface area contributed by atoms with Gasteiger partial charge in [0.15, 0.2) is 9.84 Å². The van der Waals surface area contributed by atoms with Crippen LogP contribution < -0.4 is 5.32 Å². The van der Waals surface area contributed by atoms with Gasteiger partial charge in [-0.2, -0.15) is 0 Å². The van der Waals surface area contributed by atoms with E-state index >= 15 is 0 Å². The van der Waals surface area contributed by atoms with Crippen LogP contribution in [-0.4, -0.2) is 56.0 Å². The maximum absolute atomic E-state index is 12.1. The van der Waals surface area contributed by atoms with Crippen LogP contribution in [0, 0.1) is 11.3 Å². The van der Waals surface area contributed by atoms with Crippen molar-refractivity contribution in [1.29, 1.82) is 0 Å². The zero-order chi connectivity index (χ0) is 15.8. The van der Waals surface area contributed by atoms with Gasteiger partial charge in [0.2, 0.25) is 0 Å². The molecular formula is C16H32N2O2S. The SMILES string of the molecule is CC(C)S(=O)(=O)CCN1CC(C(C)(C)C)NCC1C1CC1. The predicted molar refractivity (Wildman–Crippen MR) is 88.3 cm³/mol. The van der Waals surface area contributed by atoms with Gasteiger partial charge in [0.1, 0.15) is 0 Å². The van der Waals surface area contributed by atoms with Crippen LogP contribution in [-0.2, 0) is 9.84 Å². The number of nitrogens with zero attached hydrogens (tertiary/aromatic N) is 1. The third kappa shape index (κ3) is 4.42. The number of hydrogen-bond donors (Lipinski definition) is 1. The third-order valence-electron chi connectivity index (χ3n) is 5.05. The molecule has 2 fully saturated rings. The smallest absolute Gasteiger partial charge is 0.153 e. The quantitative estimate of drug-likeness (QED) is 0.842. The molecule has 1 heterocycles. The minimum Gasteiger partial charge on any atom is -0.311 e. The molecule has 124 valence electrons. The summed E-state index contributed by atoms with van der Waals surface area (Å²) < 4.78 is 24.2. The normalized spacial score (nSPS) is 29.0. The molecule has 1 aliphatic carbocycles. The van der Waals surface area contributed by atoms with Gasteiger partial charge in [0.25, 0.3) is 0 Å². The van der Waals surface area contributed by atoms with Crippen LogP contribution >= 0.6 is 0 Å². The molecule has 1 aliphatic heterocycles. The molecule has 0 aromatic heterocycles. The van der Waals surface area contributed by atoms with Crippen LogP contribution in [0.3, 0.4) is 0 Å². The van der Waals surface area contributed by atoms with E-state index in [9.17, 15) is 8.42 Å². The van der Waals surface area contributed by atoms with E-state index in [0.29, 0.717) is 24.4 Å². The summed E-state index contributed by atoms with van der Waals surface area (Å²) in [6, 6.07) is 0.972. The number of rotatable bonds is 5. The van der Waals surface area contributed by atoms with Gasteiger partial charge in [0.05, 0.1) is 11.0 Å². The number of piperazine rings is 1. The van der Waals surface area contributed by atoms with Crippen molar-refractivity contribution in [2.45, 2.75) is 64.8 Å². The van der Waals surface area contributed by atoms with Gasteiger partial charge in [-0.15, -0.1) is 0 Å². The monoisotopic (exact) mass is 316 g/mol. The molecule has 0 aromatic rings. The second kappa shape index (κ2) is 6.17. The first-order valence-electron chi connectivity index (χ1n) is 8.30. The summed E-state index contributed by atoms with van der Waals surface area (Å²) in [6.07, 6.45) is 2.61. The summed E-state index contributed by atoms with van der Waals surface area (Å²) in [5, 5.41) is 3.42. The molecule has 0 amide bonds. The van der Waals surface area contributed by atoms with Crippen molar-refractivity contribution < 1.29 is 8.42 Å². The van der Waals surface area contributed by atoms with Crippen LogP contribution in [0.15, 0.2) is 0 Å². The number of hydrogen-bond acceptors (Lipinski definition) is 4. The maximum Gasteiger partial charge on any atom is 0.153 e. The van der Waals surface area contributed by atoms with Crippen LogP contribution in [0.25, 0.3) is 0 Å². The standard InChI is InChI=1S/C16H32N2O2S/c1-12(2)21(19,20)9-8-18-11-15(16(3,4)5)17-10-14(18)13-6-7-13/h12-15,17H,6-11H2,1-5H3. The highest BCUT2D eigenvalue weighted by Crippen LogP contribution is 2.37. The Morgan fingerprint density at radius 3 is 2.33 bits per heavy atom. The van der Waals surface area contributed by atoms with Crippen LogP contribution in [0.5, 0.6) is 0 Å². The molecular weight excluding hydrogens is 284 g/mol. The lowest BCUT2D eigenvalue weighted by Gasteiger charge is -2.45. The van der Waals surface area contributed by atoms with E-state index in [1.54, 1.807) is 13.8 Å². The molecule has 1 N–H and O–H groups in total. The summed E-state index contributed by atoms with van der Waals surface area (Å²) >= 11 is 0.